The number of nitrogens with two attached hydrogens (primary N) is 1. The second kappa shape index (κ2) is 5.61. The topological polar surface area (TPSA) is 67.6 Å². The van der Waals surface area contributed by atoms with E-state index in [4.69, 9.17) is 10.6 Å². The van der Waals surface area contributed by atoms with Crippen molar-refractivity contribution in [3.05, 3.63) is 11.3 Å². The summed E-state index contributed by atoms with van der Waals surface area (Å²) in [6.07, 6.45) is 0.747. The Labute approximate surface area is 109 Å². The first-order valence-corrected chi connectivity index (χ1v) is 6.45. The van der Waals surface area contributed by atoms with Crippen LogP contribution in [0.15, 0.2) is 11.3 Å². The van der Waals surface area contributed by atoms with Crippen molar-refractivity contribution in [3.63, 3.8) is 0 Å². The molecule has 5 nitrogen and oxygen atoms in total. The highest BCUT2D eigenvalue weighted by Gasteiger charge is 2.30. The van der Waals surface area contributed by atoms with Crippen molar-refractivity contribution in [3.8, 4) is 0 Å². The summed E-state index contributed by atoms with van der Waals surface area (Å²) in [4.78, 5) is 13.7. The van der Waals surface area contributed by atoms with E-state index in [1.807, 2.05) is 20.8 Å². The molecule has 0 spiro atoms. The summed E-state index contributed by atoms with van der Waals surface area (Å²) in [6.45, 7) is 11.0. The number of hydrogen-bond donors (Lipinski definition) is 2. The molecule has 1 aliphatic heterocycles. The number of hydrogen-bond acceptors (Lipinski definition) is 4. The number of carbonyl (C=O) groups excluding carboxylic acids is 1. The molecule has 1 atom stereocenters. The third-order valence-corrected chi connectivity index (χ3v) is 3.13. The van der Waals surface area contributed by atoms with Gasteiger partial charge >= 0.3 is 6.09 Å². The number of hydrazine groups is 1. The van der Waals surface area contributed by atoms with Gasteiger partial charge in [0.25, 0.3) is 0 Å². The molecule has 5 heteroatoms. The molecule has 3 N–H and O–H groups in total. The zero-order valence-electron chi connectivity index (χ0n) is 12.0. The van der Waals surface area contributed by atoms with Crippen LogP contribution in [0.3, 0.4) is 0 Å². The van der Waals surface area contributed by atoms with Gasteiger partial charge in [0.05, 0.1) is 6.54 Å². The Morgan fingerprint density at radius 2 is 2.11 bits per heavy atom. The molecule has 0 aromatic heterocycles. The highest BCUT2D eigenvalue weighted by atomic mass is 16.6. The van der Waals surface area contributed by atoms with Gasteiger partial charge < -0.3 is 10.2 Å². The first kappa shape index (κ1) is 14.8. The predicted octanol–water partition coefficient (Wildman–Crippen LogP) is 2.00. The molecule has 1 aliphatic rings. The maximum Gasteiger partial charge on any atom is 0.410 e. The van der Waals surface area contributed by atoms with Gasteiger partial charge in [0.15, 0.2) is 0 Å². The normalized spacial score (nSPS) is 18.0. The maximum atomic E-state index is 12.0. The van der Waals surface area contributed by atoms with Crippen LogP contribution in [0.5, 0.6) is 0 Å². The summed E-state index contributed by atoms with van der Waals surface area (Å²) in [5, 5.41) is 0. The van der Waals surface area contributed by atoms with E-state index >= 15 is 0 Å². The number of nitrogens with zero attached hydrogens (tertiary/aromatic N) is 1. The average Bonchev–Trinajstić information content (AvgIpc) is 2.69. The molecule has 0 bridgehead atoms. The van der Waals surface area contributed by atoms with E-state index in [2.05, 4.69) is 19.3 Å². The molecule has 1 heterocycles. The number of carbonyl (C=O) groups is 1. The van der Waals surface area contributed by atoms with Crippen molar-refractivity contribution in [2.45, 2.75) is 46.6 Å². The zero-order valence-corrected chi connectivity index (χ0v) is 12.0. The lowest BCUT2D eigenvalue weighted by atomic mass is 9.98. The molecule has 0 aliphatic carbocycles. The Balaban J connectivity index is 2.69. The van der Waals surface area contributed by atoms with E-state index in [0.29, 0.717) is 19.0 Å². The molecule has 0 fully saturated rings. The van der Waals surface area contributed by atoms with Crippen LogP contribution in [0.1, 0.15) is 41.0 Å². The van der Waals surface area contributed by atoms with Crippen molar-refractivity contribution >= 4 is 6.09 Å². The average molecular weight is 255 g/mol. The van der Waals surface area contributed by atoms with Gasteiger partial charge in [-0.25, -0.2) is 4.79 Å². The van der Waals surface area contributed by atoms with Crippen LogP contribution in [0, 0.1) is 5.92 Å². The molecule has 0 saturated heterocycles. The van der Waals surface area contributed by atoms with E-state index in [1.165, 1.54) is 5.57 Å². The van der Waals surface area contributed by atoms with Crippen LogP contribution in [0.2, 0.25) is 0 Å². The van der Waals surface area contributed by atoms with Crippen LogP contribution in [-0.4, -0.2) is 29.7 Å². The minimum atomic E-state index is -0.466. The first-order valence-electron chi connectivity index (χ1n) is 6.45. The molecular weight excluding hydrogens is 230 g/mol. The van der Waals surface area contributed by atoms with E-state index in [1.54, 1.807) is 4.90 Å². The summed E-state index contributed by atoms with van der Waals surface area (Å²) >= 11 is 0. The molecule has 1 amide bonds. The largest absolute Gasteiger partial charge is 0.444 e. The highest BCUT2D eigenvalue weighted by molar-refractivity contribution is 5.70. The third kappa shape index (κ3) is 3.63. The molecule has 0 radical (unpaired) electrons. The quantitative estimate of drug-likeness (QED) is 0.598. The van der Waals surface area contributed by atoms with Crippen LogP contribution in [0.4, 0.5) is 4.79 Å². The van der Waals surface area contributed by atoms with Crippen molar-refractivity contribution in [2.75, 3.05) is 13.1 Å². The second-order valence-corrected chi connectivity index (χ2v) is 5.79. The fourth-order valence-corrected chi connectivity index (χ4v) is 1.94. The highest BCUT2D eigenvalue weighted by Crippen LogP contribution is 2.25. The standard InChI is InChI=1S/C13H25N3O2/c1-6-9(2)10-7-16(8-11(10)15-14)12(17)18-13(3,4)5/h9,15H,6-8,14H2,1-5H3. The van der Waals surface area contributed by atoms with Crippen LogP contribution >= 0.6 is 0 Å². The van der Waals surface area contributed by atoms with Crippen LogP contribution in [-0.2, 0) is 4.74 Å². The van der Waals surface area contributed by atoms with Crippen molar-refractivity contribution < 1.29 is 9.53 Å². The minimum absolute atomic E-state index is 0.284. The molecule has 0 aromatic carbocycles. The number of ether oxygens (including phenoxy) is 1. The predicted molar refractivity (Wildman–Crippen MR) is 71.6 cm³/mol. The van der Waals surface area contributed by atoms with Gasteiger partial charge in [-0.2, -0.15) is 0 Å². The molecule has 1 rings (SSSR count). The lowest BCUT2D eigenvalue weighted by Gasteiger charge is -2.24. The summed E-state index contributed by atoms with van der Waals surface area (Å²) in [5.74, 6) is 5.94. The van der Waals surface area contributed by atoms with Gasteiger partial charge in [-0.05, 0) is 38.7 Å². The Morgan fingerprint density at radius 1 is 1.50 bits per heavy atom. The number of amides is 1. The first-order chi connectivity index (χ1) is 8.28. The minimum Gasteiger partial charge on any atom is -0.444 e. The van der Waals surface area contributed by atoms with Crippen molar-refractivity contribution in [2.24, 2.45) is 11.8 Å². The SMILES string of the molecule is CCC(C)C1=C(NN)CN(C(=O)OC(C)(C)C)C1. The van der Waals surface area contributed by atoms with Crippen LogP contribution < -0.4 is 11.3 Å². The van der Waals surface area contributed by atoms with E-state index < -0.39 is 5.60 Å². The fraction of sp³-hybridized carbons (Fsp3) is 0.769. The smallest absolute Gasteiger partial charge is 0.410 e. The van der Waals surface area contributed by atoms with Crippen molar-refractivity contribution in [1.82, 2.24) is 10.3 Å². The third-order valence-electron chi connectivity index (χ3n) is 3.13. The zero-order chi connectivity index (χ0) is 13.9. The van der Waals surface area contributed by atoms with Gasteiger partial charge in [0.1, 0.15) is 5.60 Å². The molecule has 1 unspecified atom stereocenters. The molecule has 104 valence electrons. The maximum absolute atomic E-state index is 12.0. The number of rotatable bonds is 3. The Hall–Kier alpha value is -1.23. The van der Waals surface area contributed by atoms with Gasteiger partial charge in [-0.3, -0.25) is 10.7 Å². The lowest BCUT2D eigenvalue weighted by Crippen LogP contribution is -2.37. The van der Waals surface area contributed by atoms with Gasteiger partial charge in [-0.1, -0.05) is 13.8 Å². The summed E-state index contributed by atoms with van der Waals surface area (Å²) in [6, 6.07) is 0. The Kier molecular flexibility index (Phi) is 4.62. The second-order valence-electron chi connectivity index (χ2n) is 5.79. The van der Waals surface area contributed by atoms with Gasteiger partial charge in [-0.15, -0.1) is 0 Å². The van der Waals surface area contributed by atoms with Gasteiger partial charge in [0, 0.05) is 12.2 Å². The van der Waals surface area contributed by atoms with E-state index in [0.717, 1.165) is 12.1 Å². The monoisotopic (exact) mass is 255 g/mol. The molecule has 0 saturated carbocycles. The van der Waals surface area contributed by atoms with Gasteiger partial charge in [0.2, 0.25) is 0 Å². The fourth-order valence-electron chi connectivity index (χ4n) is 1.94. The molecule has 0 aromatic rings. The molecular formula is C13H25N3O2. The lowest BCUT2D eigenvalue weighted by molar-refractivity contribution is 0.0296. The Bertz CT molecular complexity index is 345. The number of nitrogens with one attached hydrogen (secondary N) is 1. The Morgan fingerprint density at radius 3 is 2.56 bits per heavy atom. The summed E-state index contributed by atoms with van der Waals surface area (Å²) in [5.41, 5.74) is 4.38. The summed E-state index contributed by atoms with van der Waals surface area (Å²) < 4.78 is 5.37. The van der Waals surface area contributed by atoms with E-state index in [-0.39, 0.29) is 6.09 Å². The van der Waals surface area contributed by atoms with E-state index in [9.17, 15) is 4.79 Å². The van der Waals surface area contributed by atoms with Crippen molar-refractivity contribution in [1.29, 1.82) is 0 Å². The van der Waals surface area contributed by atoms with Crippen LogP contribution in [0.25, 0.3) is 0 Å². The molecule has 18 heavy (non-hydrogen) atoms. The summed E-state index contributed by atoms with van der Waals surface area (Å²) in [7, 11) is 0.